The first-order valence-electron chi connectivity index (χ1n) is 33.9. The third-order valence-corrected chi connectivity index (χ3v) is 17.3. The molecule has 0 aromatic heterocycles. The molecule has 3 aliphatic heterocycles. The van der Waals surface area contributed by atoms with Crippen LogP contribution in [0, 0.1) is 0 Å². The zero-order valence-corrected chi connectivity index (χ0v) is 52.2. The summed E-state index contributed by atoms with van der Waals surface area (Å²) >= 11 is 0. The Kier molecular flexibility index (Phi) is 44.2. The molecule has 496 valence electrons. The normalized spacial score (nSPS) is 29.2. The average molecular weight is 1210 g/mol. The maximum Gasteiger partial charge on any atom is 0.220 e. The number of unbranched alkanes of at least 4 members (excludes halogenated alkanes) is 36. The fraction of sp³-hybridized carbons (Fsp3) is 0.954. The monoisotopic (exact) mass is 1210 g/mol. The molecule has 0 spiro atoms. The molecule has 0 aromatic rings. The second-order valence-electron chi connectivity index (χ2n) is 24.7. The van der Waals surface area contributed by atoms with Crippen molar-refractivity contribution >= 4 is 5.91 Å². The predicted molar refractivity (Wildman–Crippen MR) is 323 cm³/mol. The van der Waals surface area contributed by atoms with Crippen LogP contribution in [0.4, 0.5) is 0 Å². The number of hydrogen-bond acceptors (Lipinski definition) is 18. The van der Waals surface area contributed by atoms with E-state index in [1.165, 1.54) is 193 Å². The first kappa shape index (κ1) is 76.8. The van der Waals surface area contributed by atoms with E-state index in [-0.39, 0.29) is 18.9 Å². The number of nitrogens with one attached hydrogen (secondary N) is 1. The zero-order valence-electron chi connectivity index (χ0n) is 52.2. The zero-order chi connectivity index (χ0) is 61.2. The van der Waals surface area contributed by atoms with Gasteiger partial charge in [0.2, 0.25) is 5.91 Å². The standard InChI is InChI=1S/C65H123NO18/c1-3-5-7-9-11-13-15-17-19-20-21-22-23-24-25-26-27-29-30-32-34-36-38-40-42-49(70)48(66-53(71)43-41-39-37-35-33-31-28-18-16-14-12-10-8-6-4-2)47-79-63-59(77)56(74)61(51(45-68)81-63)84-65-60(78)57(75)62(52(46-69)82-65)83-64-58(76)55(73)54(72)50(44-67)80-64/h40,42,48-52,54-65,67-70,72-78H,3-39,41,43-47H2,1-2H3,(H,66,71)/b42-40+. The van der Waals surface area contributed by atoms with Gasteiger partial charge < -0.3 is 89.9 Å². The Labute approximate surface area is 506 Å². The van der Waals surface area contributed by atoms with Crippen LogP contribution < -0.4 is 5.32 Å². The van der Waals surface area contributed by atoms with Crippen LogP contribution >= 0.6 is 0 Å². The molecule has 3 fully saturated rings. The number of amides is 1. The maximum absolute atomic E-state index is 13.4. The number of rotatable bonds is 52. The van der Waals surface area contributed by atoms with Crippen LogP contribution in [-0.4, -0.2) is 193 Å². The van der Waals surface area contributed by atoms with Gasteiger partial charge >= 0.3 is 0 Å². The number of hydrogen-bond donors (Lipinski definition) is 12. The smallest absolute Gasteiger partial charge is 0.220 e. The molecule has 1 amide bonds. The van der Waals surface area contributed by atoms with E-state index in [0.717, 1.165) is 44.9 Å². The second-order valence-corrected chi connectivity index (χ2v) is 24.7. The summed E-state index contributed by atoms with van der Waals surface area (Å²) in [5.74, 6) is -0.271. The number of allylic oxidation sites excluding steroid dienone is 1. The fourth-order valence-corrected chi connectivity index (χ4v) is 11.8. The van der Waals surface area contributed by atoms with Gasteiger partial charge in [-0.25, -0.2) is 0 Å². The van der Waals surface area contributed by atoms with Crippen LogP contribution in [-0.2, 0) is 33.2 Å². The van der Waals surface area contributed by atoms with Crippen LogP contribution in [0.25, 0.3) is 0 Å². The predicted octanol–water partition coefficient (Wildman–Crippen LogP) is 8.11. The second kappa shape index (κ2) is 48.4. The number of carbonyl (C=O) groups is 1. The molecular formula is C65H123NO18. The molecular weight excluding hydrogens is 1080 g/mol. The Bertz CT molecular complexity index is 1580. The molecule has 3 saturated heterocycles. The summed E-state index contributed by atoms with van der Waals surface area (Å²) in [6, 6.07) is -0.968. The van der Waals surface area contributed by atoms with E-state index in [4.69, 9.17) is 28.4 Å². The summed E-state index contributed by atoms with van der Waals surface area (Å²) in [6.45, 7) is 1.76. The minimum Gasteiger partial charge on any atom is -0.394 e. The summed E-state index contributed by atoms with van der Waals surface area (Å²) in [6.07, 6.45) is 24.7. The molecule has 3 rings (SSSR count). The lowest BCUT2D eigenvalue weighted by Gasteiger charge is -2.48. The van der Waals surface area contributed by atoms with Crippen LogP contribution in [0.3, 0.4) is 0 Å². The van der Waals surface area contributed by atoms with Crippen molar-refractivity contribution in [1.29, 1.82) is 0 Å². The Morgan fingerprint density at radius 2 is 0.738 bits per heavy atom. The Morgan fingerprint density at radius 3 is 1.12 bits per heavy atom. The van der Waals surface area contributed by atoms with Crippen molar-refractivity contribution in [3.63, 3.8) is 0 Å². The third-order valence-electron chi connectivity index (χ3n) is 17.3. The topological polar surface area (TPSA) is 307 Å². The highest BCUT2D eigenvalue weighted by atomic mass is 16.8. The molecule has 17 unspecified atom stereocenters. The van der Waals surface area contributed by atoms with E-state index >= 15 is 0 Å². The van der Waals surface area contributed by atoms with Gasteiger partial charge in [0, 0.05) is 6.42 Å². The summed E-state index contributed by atoms with van der Waals surface area (Å²) in [4.78, 5) is 13.4. The van der Waals surface area contributed by atoms with Gasteiger partial charge in [0.1, 0.15) is 73.2 Å². The van der Waals surface area contributed by atoms with Crippen molar-refractivity contribution in [3.8, 4) is 0 Å². The van der Waals surface area contributed by atoms with Crippen molar-refractivity contribution in [2.24, 2.45) is 0 Å². The molecule has 0 aliphatic carbocycles. The summed E-state index contributed by atoms with van der Waals surface area (Å²) < 4.78 is 34.3. The minimum absolute atomic E-state index is 0.249. The van der Waals surface area contributed by atoms with Crippen LogP contribution in [0.5, 0.6) is 0 Å². The number of aliphatic hydroxyl groups excluding tert-OH is 11. The van der Waals surface area contributed by atoms with Crippen molar-refractivity contribution < 1.29 is 89.4 Å². The quantitative estimate of drug-likeness (QED) is 0.0202. The van der Waals surface area contributed by atoms with Crippen LogP contribution in [0.2, 0.25) is 0 Å². The van der Waals surface area contributed by atoms with Gasteiger partial charge in [0.05, 0.1) is 38.6 Å². The SMILES string of the molecule is CCCCCCCCCCCCCCCCCCCCCCCC/C=C/C(O)C(COC1OC(CO)C(OC2OC(CO)C(OC3OC(CO)C(O)C(O)C3O)C(O)C2O)C(O)C1O)NC(=O)CCCCCCCCCCCCCCCCC. The molecule has 3 aliphatic rings. The van der Waals surface area contributed by atoms with E-state index < -0.39 is 124 Å². The minimum atomic E-state index is -1.98. The summed E-state index contributed by atoms with van der Waals surface area (Å²) in [5, 5.41) is 120. The molecule has 19 nitrogen and oxygen atoms in total. The van der Waals surface area contributed by atoms with E-state index in [9.17, 15) is 61.0 Å². The Balaban J connectivity index is 1.45. The van der Waals surface area contributed by atoms with E-state index in [1.807, 2.05) is 6.08 Å². The largest absolute Gasteiger partial charge is 0.394 e. The lowest BCUT2D eigenvalue weighted by Crippen LogP contribution is -2.66. The molecule has 19 heteroatoms. The van der Waals surface area contributed by atoms with Gasteiger partial charge in [0.25, 0.3) is 0 Å². The lowest BCUT2D eigenvalue weighted by atomic mass is 9.96. The highest BCUT2D eigenvalue weighted by Crippen LogP contribution is 2.33. The molecule has 0 radical (unpaired) electrons. The fourth-order valence-electron chi connectivity index (χ4n) is 11.8. The van der Waals surface area contributed by atoms with Crippen molar-refractivity contribution in [1.82, 2.24) is 5.32 Å². The van der Waals surface area contributed by atoms with E-state index in [0.29, 0.717) is 6.42 Å². The third kappa shape index (κ3) is 30.8. The summed E-state index contributed by atoms with van der Waals surface area (Å²) in [5.41, 5.74) is 0. The number of ether oxygens (including phenoxy) is 6. The van der Waals surface area contributed by atoms with Gasteiger partial charge in [-0.1, -0.05) is 251 Å². The van der Waals surface area contributed by atoms with Crippen molar-refractivity contribution in [2.45, 2.75) is 369 Å². The highest BCUT2D eigenvalue weighted by Gasteiger charge is 2.53. The molecule has 12 N–H and O–H groups in total. The van der Waals surface area contributed by atoms with Gasteiger partial charge in [-0.3, -0.25) is 4.79 Å². The Morgan fingerprint density at radius 1 is 0.417 bits per heavy atom. The molecule has 84 heavy (non-hydrogen) atoms. The highest BCUT2D eigenvalue weighted by molar-refractivity contribution is 5.76. The molecule has 0 aromatic carbocycles. The summed E-state index contributed by atoms with van der Waals surface area (Å²) in [7, 11) is 0. The number of carbonyl (C=O) groups excluding carboxylic acids is 1. The van der Waals surface area contributed by atoms with Crippen molar-refractivity contribution in [3.05, 3.63) is 12.2 Å². The van der Waals surface area contributed by atoms with E-state index in [1.54, 1.807) is 6.08 Å². The molecule has 0 saturated carbocycles. The van der Waals surface area contributed by atoms with Crippen molar-refractivity contribution in [2.75, 3.05) is 26.4 Å². The lowest BCUT2D eigenvalue weighted by molar-refractivity contribution is -0.379. The first-order valence-corrected chi connectivity index (χ1v) is 33.9. The Hall–Kier alpha value is -1.47. The number of aliphatic hydroxyl groups is 11. The molecule has 0 bridgehead atoms. The van der Waals surface area contributed by atoms with Crippen LogP contribution in [0.15, 0.2) is 12.2 Å². The first-order chi connectivity index (χ1) is 40.8. The molecule has 17 atom stereocenters. The van der Waals surface area contributed by atoms with Gasteiger partial charge in [0.15, 0.2) is 18.9 Å². The van der Waals surface area contributed by atoms with Gasteiger partial charge in [-0.05, 0) is 19.3 Å². The van der Waals surface area contributed by atoms with Gasteiger partial charge in [-0.2, -0.15) is 0 Å². The maximum atomic E-state index is 13.4. The van der Waals surface area contributed by atoms with Gasteiger partial charge in [-0.15, -0.1) is 0 Å². The van der Waals surface area contributed by atoms with E-state index in [2.05, 4.69) is 19.2 Å². The van der Waals surface area contributed by atoms with Crippen LogP contribution in [0.1, 0.15) is 264 Å². The average Bonchev–Trinajstić information content (AvgIpc) is 3.05. The molecule has 3 heterocycles.